The average Bonchev–Trinajstić information content (AvgIpc) is 3.14. The molecule has 2 aromatic carbocycles. The lowest BCUT2D eigenvalue weighted by Crippen LogP contribution is -2.40. The number of carbonyl (C=O) groups excluding carboxylic acids is 1. The number of phenols is 1. The molecule has 0 saturated carbocycles. The molecular formula is C26H25N3O7S. The van der Waals surface area contributed by atoms with Crippen molar-refractivity contribution in [1.29, 1.82) is 0 Å². The van der Waals surface area contributed by atoms with Crippen LogP contribution in [-0.2, 0) is 9.53 Å². The fourth-order valence-corrected chi connectivity index (χ4v) is 5.10. The van der Waals surface area contributed by atoms with Crippen molar-refractivity contribution in [2.24, 2.45) is 4.99 Å². The normalized spacial score (nSPS) is 15.4. The van der Waals surface area contributed by atoms with E-state index in [1.807, 2.05) is 13.8 Å². The summed E-state index contributed by atoms with van der Waals surface area (Å²) in [5.41, 5.74) is 0.594. The van der Waals surface area contributed by atoms with E-state index in [0.29, 0.717) is 21.8 Å². The van der Waals surface area contributed by atoms with Gasteiger partial charge in [0.2, 0.25) is 0 Å². The molecule has 0 saturated heterocycles. The van der Waals surface area contributed by atoms with E-state index in [-0.39, 0.29) is 39.8 Å². The number of non-ortho nitro benzene ring substituents is 1. The minimum atomic E-state index is -0.883. The fraction of sp³-hybridized carbons (Fsp3) is 0.269. The van der Waals surface area contributed by atoms with Gasteiger partial charge in [-0.05, 0) is 45.9 Å². The number of hydrogen-bond acceptors (Lipinski definition) is 9. The zero-order valence-electron chi connectivity index (χ0n) is 20.6. The van der Waals surface area contributed by atoms with Crippen LogP contribution in [0.3, 0.4) is 0 Å². The largest absolute Gasteiger partial charge is 0.507 e. The molecule has 0 amide bonds. The van der Waals surface area contributed by atoms with E-state index in [2.05, 4.69) is 4.99 Å². The smallest absolute Gasteiger partial charge is 0.338 e. The predicted octanol–water partition coefficient (Wildman–Crippen LogP) is 3.20. The van der Waals surface area contributed by atoms with Gasteiger partial charge < -0.3 is 14.6 Å². The Morgan fingerprint density at radius 3 is 2.70 bits per heavy atom. The van der Waals surface area contributed by atoms with Gasteiger partial charge in [-0.25, -0.2) is 9.79 Å². The lowest BCUT2D eigenvalue weighted by atomic mass is 9.95. The van der Waals surface area contributed by atoms with E-state index >= 15 is 0 Å². The minimum Gasteiger partial charge on any atom is -0.507 e. The monoisotopic (exact) mass is 523 g/mol. The fourth-order valence-electron chi connectivity index (χ4n) is 4.07. The molecule has 1 aromatic heterocycles. The first-order valence-electron chi connectivity index (χ1n) is 11.5. The van der Waals surface area contributed by atoms with Gasteiger partial charge in [-0.2, -0.15) is 0 Å². The van der Waals surface area contributed by atoms with E-state index in [0.717, 1.165) is 11.3 Å². The third kappa shape index (κ3) is 5.03. The van der Waals surface area contributed by atoms with E-state index in [1.165, 1.54) is 28.8 Å². The molecule has 10 nitrogen and oxygen atoms in total. The molecule has 0 unspecified atom stereocenters. The molecule has 0 radical (unpaired) electrons. The Morgan fingerprint density at radius 1 is 1.30 bits per heavy atom. The first-order valence-corrected chi connectivity index (χ1v) is 12.4. The Kier molecular flexibility index (Phi) is 7.25. The SMILES string of the molecule is CCOC(=O)C1=C(C)N=c2s/c(=C\c3cc([N+](=O)[O-])ccc3O)c(=O)n2[C@@H]1c1ccccc1OC(C)C. The van der Waals surface area contributed by atoms with Gasteiger partial charge >= 0.3 is 5.97 Å². The Balaban J connectivity index is 1.99. The molecule has 0 bridgehead atoms. The van der Waals surface area contributed by atoms with Gasteiger partial charge in [0.15, 0.2) is 4.80 Å². The Labute approximate surface area is 215 Å². The zero-order chi connectivity index (χ0) is 26.9. The number of aromatic nitrogens is 1. The van der Waals surface area contributed by atoms with Crippen LogP contribution in [0.1, 0.15) is 44.9 Å². The van der Waals surface area contributed by atoms with Crippen molar-refractivity contribution < 1.29 is 24.3 Å². The number of fused-ring (bicyclic) bond motifs is 1. The van der Waals surface area contributed by atoms with Crippen LogP contribution < -0.4 is 19.6 Å². The summed E-state index contributed by atoms with van der Waals surface area (Å²) >= 11 is 1.05. The van der Waals surface area contributed by atoms with Crippen LogP contribution in [0.15, 0.2) is 63.5 Å². The minimum absolute atomic E-state index is 0.112. The maximum absolute atomic E-state index is 13.7. The average molecular weight is 524 g/mol. The maximum Gasteiger partial charge on any atom is 0.338 e. The predicted molar refractivity (Wildman–Crippen MR) is 137 cm³/mol. The van der Waals surface area contributed by atoms with Crippen LogP contribution in [0, 0.1) is 10.1 Å². The number of rotatable bonds is 7. The summed E-state index contributed by atoms with van der Waals surface area (Å²) in [4.78, 5) is 42.3. The topological polar surface area (TPSA) is 133 Å². The van der Waals surface area contributed by atoms with E-state index in [1.54, 1.807) is 38.1 Å². The van der Waals surface area contributed by atoms with Crippen LogP contribution in [0.25, 0.3) is 6.08 Å². The molecule has 3 aromatic rings. The van der Waals surface area contributed by atoms with Crippen LogP contribution in [-0.4, -0.2) is 33.3 Å². The number of aromatic hydroxyl groups is 1. The highest BCUT2D eigenvalue weighted by Crippen LogP contribution is 2.36. The molecular weight excluding hydrogens is 498 g/mol. The molecule has 1 aliphatic rings. The highest BCUT2D eigenvalue weighted by Gasteiger charge is 2.35. The van der Waals surface area contributed by atoms with Crippen LogP contribution in [0.4, 0.5) is 5.69 Å². The lowest BCUT2D eigenvalue weighted by Gasteiger charge is -2.26. The second-order valence-corrected chi connectivity index (χ2v) is 9.52. The number of nitro benzene ring substituents is 1. The summed E-state index contributed by atoms with van der Waals surface area (Å²) in [5, 5.41) is 21.5. The third-order valence-corrected chi connectivity index (χ3v) is 6.58. The number of allylic oxidation sites excluding steroid dienone is 1. The van der Waals surface area contributed by atoms with E-state index in [9.17, 15) is 24.8 Å². The van der Waals surface area contributed by atoms with E-state index < -0.39 is 22.5 Å². The number of nitro groups is 1. The van der Waals surface area contributed by atoms with Gasteiger partial charge in [0, 0.05) is 23.3 Å². The van der Waals surface area contributed by atoms with Gasteiger partial charge in [-0.3, -0.25) is 19.5 Å². The number of carbonyl (C=O) groups is 1. The Bertz CT molecular complexity index is 1600. The van der Waals surface area contributed by atoms with Crippen molar-refractivity contribution in [2.45, 2.75) is 39.8 Å². The van der Waals surface area contributed by atoms with Gasteiger partial charge in [-0.1, -0.05) is 29.5 Å². The van der Waals surface area contributed by atoms with Crippen molar-refractivity contribution >= 4 is 29.1 Å². The Morgan fingerprint density at radius 2 is 2.03 bits per heavy atom. The molecule has 0 spiro atoms. The summed E-state index contributed by atoms with van der Waals surface area (Å²) in [5.74, 6) is -0.310. The number of benzene rings is 2. The second-order valence-electron chi connectivity index (χ2n) is 8.51. The molecule has 4 rings (SSSR count). The molecule has 1 atom stereocenters. The van der Waals surface area contributed by atoms with Crippen molar-refractivity contribution in [3.8, 4) is 11.5 Å². The summed E-state index contributed by atoms with van der Waals surface area (Å²) in [6.07, 6.45) is 1.22. The summed E-state index contributed by atoms with van der Waals surface area (Å²) in [7, 11) is 0. The number of nitrogens with zero attached hydrogens (tertiary/aromatic N) is 3. The third-order valence-electron chi connectivity index (χ3n) is 5.60. The molecule has 0 fully saturated rings. The van der Waals surface area contributed by atoms with Crippen LogP contribution >= 0.6 is 11.3 Å². The summed E-state index contributed by atoms with van der Waals surface area (Å²) in [6.45, 7) is 7.26. The van der Waals surface area contributed by atoms with Gasteiger partial charge in [-0.15, -0.1) is 0 Å². The summed E-state index contributed by atoms with van der Waals surface area (Å²) < 4.78 is 12.9. The number of phenolic OH excluding ortho intramolecular Hbond substituents is 1. The zero-order valence-corrected chi connectivity index (χ0v) is 21.4. The van der Waals surface area contributed by atoms with Crippen molar-refractivity contribution in [1.82, 2.24) is 4.57 Å². The number of thiazole rings is 1. The highest BCUT2D eigenvalue weighted by molar-refractivity contribution is 7.07. The quantitative estimate of drug-likeness (QED) is 0.286. The standard InChI is InChI=1S/C26H25N3O7S/c1-5-35-25(32)22-15(4)27-26-28(23(22)18-8-6-7-9-20(18)36-14(2)3)24(31)21(37-26)13-16-12-17(29(33)34)10-11-19(16)30/h6-14,23,30H,5H2,1-4H3/b21-13-/t23-/m1/s1. The van der Waals surface area contributed by atoms with Crippen molar-refractivity contribution in [3.05, 3.63) is 94.7 Å². The number of ether oxygens (including phenoxy) is 2. The number of para-hydroxylation sites is 1. The van der Waals surface area contributed by atoms with E-state index in [4.69, 9.17) is 9.47 Å². The van der Waals surface area contributed by atoms with Crippen molar-refractivity contribution in [2.75, 3.05) is 6.61 Å². The van der Waals surface area contributed by atoms with Gasteiger partial charge in [0.05, 0.1) is 33.4 Å². The van der Waals surface area contributed by atoms with Gasteiger partial charge in [0.1, 0.15) is 17.5 Å². The first-order chi connectivity index (χ1) is 17.6. The highest BCUT2D eigenvalue weighted by atomic mass is 32.1. The second kappa shape index (κ2) is 10.4. The summed E-state index contributed by atoms with van der Waals surface area (Å²) in [6, 6.07) is 9.82. The molecule has 37 heavy (non-hydrogen) atoms. The maximum atomic E-state index is 13.7. The van der Waals surface area contributed by atoms with Gasteiger partial charge in [0.25, 0.3) is 11.2 Å². The lowest BCUT2D eigenvalue weighted by molar-refractivity contribution is -0.384. The van der Waals surface area contributed by atoms with Crippen LogP contribution in [0.5, 0.6) is 11.5 Å². The first kappa shape index (κ1) is 25.8. The molecule has 0 aliphatic carbocycles. The molecule has 1 N–H and O–H groups in total. The van der Waals surface area contributed by atoms with Crippen LogP contribution in [0.2, 0.25) is 0 Å². The molecule has 192 valence electrons. The Hall–Kier alpha value is -4.25. The molecule has 11 heteroatoms. The van der Waals surface area contributed by atoms with Crippen molar-refractivity contribution in [3.63, 3.8) is 0 Å². The number of hydrogen-bond donors (Lipinski definition) is 1. The molecule has 1 aliphatic heterocycles. The molecule has 2 heterocycles. The number of esters is 1.